The number of ether oxygens (including phenoxy) is 1. The number of para-hydroxylation sites is 1. The summed E-state index contributed by atoms with van der Waals surface area (Å²) in [6.07, 6.45) is -0.250. The van der Waals surface area contributed by atoms with Gasteiger partial charge in [0.25, 0.3) is 5.79 Å². The minimum atomic E-state index is -2.63. The maximum atomic E-state index is 11.4. The van der Waals surface area contributed by atoms with Gasteiger partial charge in [-0.05, 0) is 24.0 Å². The topological polar surface area (TPSA) is 91.2 Å². The van der Waals surface area contributed by atoms with Crippen LogP contribution in [0.1, 0.15) is 27.2 Å². The minimum Gasteiger partial charge on any atom is -0.484 e. The van der Waals surface area contributed by atoms with Crippen LogP contribution in [0.15, 0.2) is 35.4 Å². The molecule has 0 fully saturated rings. The van der Waals surface area contributed by atoms with E-state index >= 15 is 0 Å². The monoisotopic (exact) mass is 292 g/mol. The molecule has 2 rings (SSSR count). The molecule has 0 spiro atoms. The molecule has 1 amide bonds. The van der Waals surface area contributed by atoms with E-state index in [1.54, 1.807) is 12.1 Å². The normalized spacial score (nSPS) is 18.9. The van der Waals surface area contributed by atoms with Crippen molar-refractivity contribution in [1.29, 1.82) is 0 Å². The van der Waals surface area contributed by atoms with E-state index in [1.807, 2.05) is 39.0 Å². The van der Waals surface area contributed by atoms with Crippen LogP contribution in [0.25, 0.3) is 0 Å². The average Bonchev–Trinajstić information content (AvgIpc) is 2.63. The first-order valence-corrected chi connectivity index (χ1v) is 6.75. The fraction of sp³-hybridized carbons (Fsp3) is 0.467. The molecule has 21 heavy (non-hydrogen) atoms. The summed E-state index contributed by atoms with van der Waals surface area (Å²) < 4.78 is 5.82. The van der Waals surface area contributed by atoms with E-state index in [-0.39, 0.29) is 11.1 Å². The second-order valence-electron chi connectivity index (χ2n) is 6.29. The zero-order chi connectivity index (χ0) is 15.7. The van der Waals surface area contributed by atoms with Gasteiger partial charge in [-0.15, -0.1) is 0 Å². The van der Waals surface area contributed by atoms with Crippen LogP contribution in [0, 0.1) is 5.41 Å². The van der Waals surface area contributed by atoms with Crippen LogP contribution in [0.2, 0.25) is 0 Å². The summed E-state index contributed by atoms with van der Waals surface area (Å²) in [6, 6.07) is 9.00. The van der Waals surface area contributed by atoms with Crippen molar-refractivity contribution in [2.24, 2.45) is 10.5 Å². The quantitative estimate of drug-likeness (QED) is 0.723. The van der Waals surface area contributed by atoms with Gasteiger partial charge in [-0.25, -0.2) is 5.43 Å². The summed E-state index contributed by atoms with van der Waals surface area (Å²) in [6.45, 7) is 5.99. The Morgan fingerprint density at radius 3 is 2.38 bits per heavy atom. The number of rotatable bonds is 4. The van der Waals surface area contributed by atoms with E-state index in [9.17, 15) is 15.0 Å². The lowest BCUT2D eigenvalue weighted by Crippen LogP contribution is -2.51. The van der Waals surface area contributed by atoms with E-state index in [0.29, 0.717) is 12.2 Å². The summed E-state index contributed by atoms with van der Waals surface area (Å²) in [5.74, 6) is -3.03. The maximum absolute atomic E-state index is 11.4. The van der Waals surface area contributed by atoms with Crippen molar-refractivity contribution in [2.75, 3.05) is 0 Å². The third kappa shape index (κ3) is 3.59. The molecule has 0 saturated carbocycles. The first kappa shape index (κ1) is 15.5. The number of amides is 1. The summed E-state index contributed by atoms with van der Waals surface area (Å²) in [5.41, 5.74) is 1.81. The molecule has 1 unspecified atom stereocenters. The Labute approximate surface area is 123 Å². The molecular formula is C15H20N2O4. The molecular weight excluding hydrogens is 272 g/mol. The van der Waals surface area contributed by atoms with Crippen molar-refractivity contribution in [3.63, 3.8) is 0 Å². The first-order valence-electron chi connectivity index (χ1n) is 6.75. The van der Waals surface area contributed by atoms with Gasteiger partial charge in [0, 0.05) is 0 Å². The molecule has 1 heterocycles. The van der Waals surface area contributed by atoms with Crippen LogP contribution in [-0.2, 0) is 4.79 Å². The maximum Gasteiger partial charge on any atom is 0.306 e. The van der Waals surface area contributed by atoms with Gasteiger partial charge in [-0.2, -0.15) is 5.10 Å². The van der Waals surface area contributed by atoms with Crippen molar-refractivity contribution in [3.8, 4) is 5.75 Å². The van der Waals surface area contributed by atoms with E-state index in [1.165, 1.54) is 0 Å². The SMILES string of the molecule is CC(C)(C)CC(Oc1ccccc1)C1=NNC(=O)C1(O)O. The van der Waals surface area contributed by atoms with Crippen LogP contribution >= 0.6 is 0 Å². The number of nitrogens with zero attached hydrogens (tertiary/aromatic N) is 1. The Balaban J connectivity index is 2.27. The number of hydrogen-bond acceptors (Lipinski definition) is 5. The Morgan fingerprint density at radius 2 is 1.90 bits per heavy atom. The Hall–Kier alpha value is -1.92. The van der Waals surface area contributed by atoms with E-state index < -0.39 is 17.8 Å². The number of nitrogens with one attached hydrogen (secondary N) is 1. The molecule has 1 atom stereocenters. The molecule has 1 aliphatic heterocycles. The van der Waals surface area contributed by atoms with Crippen molar-refractivity contribution in [2.45, 2.75) is 39.1 Å². The highest BCUT2D eigenvalue weighted by molar-refractivity contribution is 6.15. The Kier molecular flexibility index (Phi) is 4.02. The molecule has 0 radical (unpaired) electrons. The average molecular weight is 292 g/mol. The highest BCUT2D eigenvalue weighted by atomic mass is 16.5. The fourth-order valence-corrected chi connectivity index (χ4v) is 2.09. The van der Waals surface area contributed by atoms with Crippen LogP contribution in [0.5, 0.6) is 5.75 Å². The molecule has 6 nitrogen and oxygen atoms in total. The van der Waals surface area contributed by atoms with Crippen molar-refractivity contribution < 1.29 is 19.7 Å². The lowest BCUT2D eigenvalue weighted by molar-refractivity contribution is -0.159. The molecule has 6 heteroatoms. The molecule has 0 bridgehead atoms. The van der Waals surface area contributed by atoms with Gasteiger partial charge < -0.3 is 14.9 Å². The number of carbonyl (C=O) groups is 1. The van der Waals surface area contributed by atoms with Crippen LogP contribution in [-0.4, -0.2) is 33.7 Å². The molecule has 1 aromatic rings. The van der Waals surface area contributed by atoms with Gasteiger partial charge in [0.1, 0.15) is 17.6 Å². The zero-order valence-electron chi connectivity index (χ0n) is 12.3. The predicted molar refractivity (Wildman–Crippen MR) is 77.7 cm³/mol. The van der Waals surface area contributed by atoms with Crippen molar-refractivity contribution >= 4 is 11.6 Å². The molecule has 1 aromatic carbocycles. The van der Waals surface area contributed by atoms with Crippen LogP contribution in [0.3, 0.4) is 0 Å². The lowest BCUT2D eigenvalue weighted by Gasteiger charge is -2.29. The minimum absolute atomic E-state index is 0.119. The third-order valence-electron chi connectivity index (χ3n) is 3.08. The van der Waals surface area contributed by atoms with Gasteiger partial charge in [0.15, 0.2) is 0 Å². The van der Waals surface area contributed by atoms with E-state index in [0.717, 1.165) is 0 Å². The van der Waals surface area contributed by atoms with Crippen molar-refractivity contribution in [3.05, 3.63) is 30.3 Å². The number of hydrazone groups is 1. The van der Waals surface area contributed by atoms with Gasteiger partial charge in [0.2, 0.25) is 0 Å². The Morgan fingerprint density at radius 1 is 1.29 bits per heavy atom. The lowest BCUT2D eigenvalue weighted by atomic mass is 9.86. The number of benzene rings is 1. The van der Waals surface area contributed by atoms with Crippen LogP contribution in [0.4, 0.5) is 0 Å². The predicted octanol–water partition coefficient (Wildman–Crippen LogP) is 1.04. The van der Waals surface area contributed by atoms with Gasteiger partial charge in [-0.3, -0.25) is 4.79 Å². The third-order valence-corrected chi connectivity index (χ3v) is 3.08. The summed E-state index contributed by atoms with van der Waals surface area (Å²) in [4.78, 5) is 11.4. The number of carbonyl (C=O) groups excluding carboxylic acids is 1. The second kappa shape index (κ2) is 5.46. The van der Waals surface area contributed by atoms with E-state index in [4.69, 9.17) is 4.74 Å². The van der Waals surface area contributed by atoms with E-state index in [2.05, 4.69) is 10.5 Å². The molecule has 0 aliphatic carbocycles. The highest BCUT2D eigenvalue weighted by Crippen LogP contribution is 2.28. The molecule has 3 N–H and O–H groups in total. The van der Waals surface area contributed by atoms with Gasteiger partial charge in [0.05, 0.1) is 0 Å². The smallest absolute Gasteiger partial charge is 0.306 e. The molecule has 0 aromatic heterocycles. The first-order chi connectivity index (χ1) is 9.70. The second-order valence-corrected chi connectivity index (χ2v) is 6.29. The highest BCUT2D eigenvalue weighted by Gasteiger charge is 2.49. The molecule has 1 aliphatic rings. The van der Waals surface area contributed by atoms with Gasteiger partial charge in [-0.1, -0.05) is 39.0 Å². The fourth-order valence-electron chi connectivity index (χ4n) is 2.09. The molecule has 0 saturated heterocycles. The summed E-state index contributed by atoms with van der Waals surface area (Å²) >= 11 is 0. The zero-order valence-corrected chi connectivity index (χ0v) is 12.3. The number of hydrogen-bond donors (Lipinski definition) is 3. The summed E-state index contributed by atoms with van der Waals surface area (Å²) in [5, 5.41) is 23.5. The van der Waals surface area contributed by atoms with Crippen LogP contribution < -0.4 is 10.2 Å². The number of aliphatic hydroxyl groups is 2. The summed E-state index contributed by atoms with van der Waals surface area (Å²) in [7, 11) is 0. The van der Waals surface area contributed by atoms with Crippen molar-refractivity contribution in [1.82, 2.24) is 5.43 Å². The standard InChI is InChI=1S/C15H20N2O4/c1-14(2,3)9-11(21-10-7-5-4-6-8-10)12-15(19,20)13(18)17-16-12/h4-8,11,19-20H,9H2,1-3H3,(H,17,18). The largest absolute Gasteiger partial charge is 0.484 e. The molecule has 114 valence electrons. The van der Waals surface area contributed by atoms with Gasteiger partial charge >= 0.3 is 5.91 Å². The Bertz CT molecular complexity index is 547.